The van der Waals surface area contributed by atoms with Crippen LogP contribution in [0.25, 0.3) is 33.5 Å². The highest BCUT2D eigenvalue weighted by molar-refractivity contribution is 5.81. The van der Waals surface area contributed by atoms with Crippen molar-refractivity contribution in [2.75, 3.05) is 0 Å². The molecule has 5 heteroatoms. The molecule has 0 fully saturated rings. The van der Waals surface area contributed by atoms with Crippen molar-refractivity contribution in [3.05, 3.63) is 77.6 Å². The van der Waals surface area contributed by atoms with Crippen LogP contribution in [0.4, 0.5) is 4.39 Å². The first kappa shape index (κ1) is 15.6. The summed E-state index contributed by atoms with van der Waals surface area (Å²) in [4.78, 5) is 7.75. The van der Waals surface area contributed by atoms with Crippen LogP contribution in [-0.2, 0) is 0 Å². The highest BCUT2D eigenvalue weighted by Crippen LogP contribution is 2.26. The van der Waals surface area contributed by atoms with Gasteiger partial charge >= 0.3 is 0 Å². The number of benzene rings is 3. The molecule has 0 saturated carbocycles. The molecule has 4 nitrogen and oxygen atoms in total. The Balaban J connectivity index is 1.69. The van der Waals surface area contributed by atoms with Gasteiger partial charge in [0.1, 0.15) is 17.7 Å². The Morgan fingerprint density at radius 1 is 0.808 bits per heavy atom. The van der Waals surface area contributed by atoms with E-state index in [2.05, 4.69) is 16.0 Å². The maximum atomic E-state index is 13.8. The first-order chi connectivity index (χ1) is 12.7. The van der Waals surface area contributed by atoms with Crippen molar-refractivity contribution < 1.29 is 4.39 Å². The lowest BCUT2D eigenvalue weighted by Crippen LogP contribution is -1.86. The lowest BCUT2D eigenvalue weighted by Gasteiger charge is -2.04. The number of hydrogen-bond donors (Lipinski definition) is 1. The molecule has 0 unspecified atom stereocenters. The molecule has 0 aliphatic carbocycles. The smallest absolute Gasteiger partial charge is 0.141 e. The molecule has 0 aliphatic rings. The van der Waals surface area contributed by atoms with Gasteiger partial charge in [0, 0.05) is 5.56 Å². The zero-order chi connectivity index (χ0) is 18.1. The van der Waals surface area contributed by atoms with E-state index in [0.29, 0.717) is 17.0 Å². The molecule has 0 aliphatic heterocycles. The van der Waals surface area contributed by atoms with E-state index < -0.39 is 5.82 Å². The zero-order valence-electron chi connectivity index (χ0n) is 13.5. The second kappa shape index (κ2) is 6.16. The third kappa shape index (κ3) is 2.68. The fraction of sp³-hybridized carbons (Fsp3) is 0. The Bertz CT molecular complexity index is 1210. The van der Waals surface area contributed by atoms with Gasteiger partial charge < -0.3 is 4.98 Å². The van der Waals surface area contributed by atoms with Crippen molar-refractivity contribution in [2.45, 2.75) is 0 Å². The predicted octanol–water partition coefficient (Wildman–Crippen LogP) is 4.78. The van der Waals surface area contributed by atoms with E-state index in [1.165, 1.54) is 12.1 Å². The van der Waals surface area contributed by atoms with Gasteiger partial charge in [0.05, 0.1) is 28.2 Å². The Hall–Kier alpha value is -3.96. The zero-order valence-corrected chi connectivity index (χ0v) is 13.5. The van der Waals surface area contributed by atoms with Crippen LogP contribution in [0.2, 0.25) is 0 Å². The van der Waals surface area contributed by atoms with Gasteiger partial charge in [-0.3, -0.25) is 0 Å². The topological polar surface area (TPSA) is 76.3 Å². The molecule has 1 aromatic heterocycles. The quantitative estimate of drug-likeness (QED) is 0.571. The maximum absolute atomic E-state index is 13.8. The molecule has 26 heavy (non-hydrogen) atoms. The molecule has 0 amide bonds. The van der Waals surface area contributed by atoms with Gasteiger partial charge in [-0.25, -0.2) is 9.37 Å². The van der Waals surface area contributed by atoms with Gasteiger partial charge in [-0.2, -0.15) is 10.5 Å². The van der Waals surface area contributed by atoms with Crippen molar-refractivity contribution in [3.63, 3.8) is 0 Å². The molecule has 0 atom stereocenters. The second-order valence-electron chi connectivity index (χ2n) is 5.81. The summed E-state index contributed by atoms with van der Waals surface area (Å²) in [6.07, 6.45) is 0. The number of rotatable bonds is 2. The molecule has 0 radical (unpaired) electrons. The molecule has 4 rings (SSSR count). The first-order valence-electron chi connectivity index (χ1n) is 7.88. The summed E-state index contributed by atoms with van der Waals surface area (Å²) in [5.74, 6) is 0.173. The summed E-state index contributed by atoms with van der Waals surface area (Å²) in [6, 6.07) is 21.3. The van der Waals surface area contributed by atoms with E-state index >= 15 is 0 Å². The minimum atomic E-state index is -0.528. The van der Waals surface area contributed by atoms with E-state index in [0.717, 1.165) is 22.2 Å². The van der Waals surface area contributed by atoms with E-state index in [9.17, 15) is 4.39 Å². The number of nitriles is 2. The summed E-state index contributed by atoms with van der Waals surface area (Å²) >= 11 is 0. The molecule has 0 saturated heterocycles. The molecule has 0 bridgehead atoms. The minimum Gasteiger partial charge on any atom is -0.338 e. The third-order valence-electron chi connectivity index (χ3n) is 4.19. The number of H-pyrrole nitrogens is 1. The van der Waals surface area contributed by atoms with Crippen LogP contribution in [0.1, 0.15) is 11.1 Å². The fourth-order valence-corrected chi connectivity index (χ4v) is 2.82. The molecular weight excluding hydrogens is 327 g/mol. The predicted molar refractivity (Wildman–Crippen MR) is 96.4 cm³/mol. The van der Waals surface area contributed by atoms with E-state index in [1.807, 2.05) is 36.4 Å². The van der Waals surface area contributed by atoms with E-state index in [4.69, 9.17) is 10.5 Å². The summed E-state index contributed by atoms with van der Waals surface area (Å²) in [5, 5.41) is 17.8. The van der Waals surface area contributed by atoms with Crippen molar-refractivity contribution >= 4 is 11.0 Å². The second-order valence-corrected chi connectivity index (χ2v) is 5.81. The normalized spacial score (nSPS) is 10.4. The van der Waals surface area contributed by atoms with Crippen molar-refractivity contribution in [2.24, 2.45) is 0 Å². The molecule has 3 aromatic carbocycles. The van der Waals surface area contributed by atoms with Crippen LogP contribution < -0.4 is 0 Å². The number of aromatic amines is 1. The Morgan fingerprint density at radius 2 is 1.54 bits per heavy atom. The molecule has 1 heterocycles. The van der Waals surface area contributed by atoms with Crippen LogP contribution >= 0.6 is 0 Å². The number of nitrogens with zero attached hydrogens (tertiary/aromatic N) is 3. The molecule has 0 spiro atoms. The van der Waals surface area contributed by atoms with Gasteiger partial charge in [0.15, 0.2) is 0 Å². The van der Waals surface area contributed by atoms with Crippen LogP contribution in [0.5, 0.6) is 0 Å². The fourth-order valence-electron chi connectivity index (χ4n) is 2.82. The third-order valence-corrected chi connectivity index (χ3v) is 4.19. The first-order valence-corrected chi connectivity index (χ1v) is 7.88. The number of aromatic nitrogens is 2. The largest absolute Gasteiger partial charge is 0.338 e. The van der Waals surface area contributed by atoms with Crippen molar-refractivity contribution in [1.29, 1.82) is 10.5 Å². The Kier molecular flexibility index (Phi) is 3.69. The van der Waals surface area contributed by atoms with Crippen molar-refractivity contribution in [3.8, 4) is 34.7 Å². The number of hydrogen-bond acceptors (Lipinski definition) is 3. The number of nitrogens with one attached hydrogen (secondary N) is 1. The molecule has 122 valence electrons. The lowest BCUT2D eigenvalue weighted by molar-refractivity contribution is 0.624. The average Bonchev–Trinajstić information content (AvgIpc) is 3.11. The Labute approximate surface area is 148 Å². The van der Waals surface area contributed by atoms with Gasteiger partial charge in [-0.05, 0) is 41.5 Å². The highest BCUT2D eigenvalue weighted by atomic mass is 19.1. The standard InChI is InChI=1S/C21H11FN4/c22-18-10-16(6-7-17(18)12-24)14-2-4-15(5-3-14)21-25-19-8-1-13(11-23)9-20(19)26-21/h1-10H,(H,25,26). The Morgan fingerprint density at radius 3 is 2.23 bits per heavy atom. The van der Waals surface area contributed by atoms with Gasteiger partial charge in [0.25, 0.3) is 0 Å². The monoisotopic (exact) mass is 338 g/mol. The molecule has 4 aromatic rings. The SMILES string of the molecule is N#Cc1ccc2nc(-c3ccc(-c4ccc(C#N)c(F)c4)cc3)[nH]c2c1. The van der Waals surface area contributed by atoms with E-state index in [1.54, 1.807) is 18.2 Å². The van der Waals surface area contributed by atoms with Gasteiger partial charge in [-0.15, -0.1) is 0 Å². The van der Waals surface area contributed by atoms with Crippen molar-refractivity contribution in [1.82, 2.24) is 9.97 Å². The summed E-state index contributed by atoms with van der Waals surface area (Å²) in [7, 11) is 0. The average molecular weight is 338 g/mol. The van der Waals surface area contributed by atoms with Crippen LogP contribution in [0.15, 0.2) is 60.7 Å². The number of halogens is 1. The van der Waals surface area contributed by atoms with Gasteiger partial charge in [-0.1, -0.05) is 30.3 Å². The number of fused-ring (bicyclic) bond motifs is 1. The van der Waals surface area contributed by atoms with Crippen LogP contribution in [0.3, 0.4) is 0 Å². The molecule has 1 N–H and O–H groups in total. The summed E-state index contributed by atoms with van der Waals surface area (Å²) in [6.45, 7) is 0. The number of imidazole rings is 1. The lowest BCUT2D eigenvalue weighted by atomic mass is 10.0. The van der Waals surface area contributed by atoms with Crippen LogP contribution in [0, 0.1) is 28.5 Å². The van der Waals surface area contributed by atoms with E-state index in [-0.39, 0.29) is 5.56 Å². The van der Waals surface area contributed by atoms with Gasteiger partial charge in [0.2, 0.25) is 0 Å². The van der Waals surface area contributed by atoms with Crippen LogP contribution in [-0.4, -0.2) is 9.97 Å². The highest BCUT2D eigenvalue weighted by Gasteiger charge is 2.08. The summed E-state index contributed by atoms with van der Waals surface area (Å²) in [5.41, 5.74) is 4.64. The molecular formula is C21H11FN4. The summed E-state index contributed by atoms with van der Waals surface area (Å²) < 4.78 is 13.8. The minimum absolute atomic E-state index is 0.0318. The maximum Gasteiger partial charge on any atom is 0.141 e.